The van der Waals surface area contributed by atoms with Crippen molar-refractivity contribution in [2.24, 2.45) is 5.92 Å². The fourth-order valence-corrected chi connectivity index (χ4v) is 3.55. The predicted molar refractivity (Wildman–Crippen MR) is 99.1 cm³/mol. The van der Waals surface area contributed by atoms with E-state index in [2.05, 4.69) is 4.98 Å². The fraction of sp³-hybridized carbons (Fsp3) is 0.667. The zero-order valence-corrected chi connectivity index (χ0v) is 16.8. The van der Waals surface area contributed by atoms with E-state index in [0.717, 1.165) is 24.2 Å². The first-order valence-electron chi connectivity index (χ1n) is 8.78. The maximum absolute atomic E-state index is 12.4. The van der Waals surface area contributed by atoms with Gasteiger partial charge in [0.1, 0.15) is 5.01 Å². The Hall–Kier alpha value is -1.96. The van der Waals surface area contributed by atoms with Gasteiger partial charge in [-0.15, -0.1) is 11.3 Å². The number of thiazole rings is 1. The van der Waals surface area contributed by atoms with Crippen molar-refractivity contribution in [1.29, 1.82) is 0 Å². The number of nitrogens with zero attached hydrogens (tertiary/aromatic N) is 2. The Morgan fingerprint density at radius 3 is 2.46 bits per heavy atom. The molecule has 1 heterocycles. The SMILES string of the molecule is CCCCC(=O)N(C)C(CC(OC(C)=O)c1nc(C(=O)O)cs1)C(C)C. The molecule has 146 valence electrons. The van der Waals surface area contributed by atoms with Gasteiger partial charge in [0.25, 0.3) is 0 Å². The number of carboxylic acids is 1. The first kappa shape index (κ1) is 22.1. The minimum absolute atomic E-state index is 0.0532. The number of ether oxygens (including phenoxy) is 1. The van der Waals surface area contributed by atoms with E-state index in [1.807, 2.05) is 20.8 Å². The Bertz CT molecular complexity index is 629. The van der Waals surface area contributed by atoms with Gasteiger partial charge in [0, 0.05) is 38.2 Å². The van der Waals surface area contributed by atoms with Crippen LogP contribution in [0.25, 0.3) is 0 Å². The van der Waals surface area contributed by atoms with Crippen LogP contribution in [0.2, 0.25) is 0 Å². The van der Waals surface area contributed by atoms with Crippen molar-refractivity contribution in [3.05, 3.63) is 16.1 Å². The fourth-order valence-electron chi connectivity index (χ4n) is 2.72. The molecule has 1 amide bonds. The summed E-state index contributed by atoms with van der Waals surface area (Å²) >= 11 is 1.14. The molecular weight excluding hydrogens is 356 g/mol. The van der Waals surface area contributed by atoms with Gasteiger partial charge in [-0.05, 0) is 12.3 Å². The molecule has 0 saturated heterocycles. The van der Waals surface area contributed by atoms with Crippen LogP contribution >= 0.6 is 11.3 Å². The molecular formula is C18H28N2O5S. The number of rotatable bonds is 10. The molecule has 1 N–H and O–H groups in total. The number of carboxylic acid groups (broad SMARTS) is 1. The largest absolute Gasteiger partial charge is 0.476 e. The normalized spacial score (nSPS) is 13.3. The lowest BCUT2D eigenvalue weighted by Crippen LogP contribution is -2.41. The van der Waals surface area contributed by atoms with E-state index < -0.39 is 18.0 Å². The summed E-state index contributed by atoms with van der Waals surface area (Å²) < 4.78 is 5.40. The molecule has 0 radical (unpaired) electrons. The Morgan fingerprint density at radius 1 is 1.35 bits per heavy atom. The summed E-state index contributed by atoms with van der Waals surface area (Å²) in [5, 5.41) is 10.9. The summed E-state index contributed by atoms with van der Waals surface area (Å²) in [6.07, 6.45) is 1.95. The van der Waals surface area contributed by atoms with Gasteiger partial charge in [-0.1, -0.05) is 27.2 Å². The highest BCUT2D eigenvalue weighted by atomic mass is 32.1. The predicted octanol–water partition coefficient (Wildman–Crippen LogP) is 3.51. The first-order valence-corrected chi connectivity index (χ1v) is 9.66. The number of carbonyl (C=O) groups excluding carboxylic acids is 2. The van der Waals surface area contributed by atoms with E-state index in [9.17, 15) is 14.4 Å². The van der Waals surface area contributed by atoms with Crippen LogP contribution in [0.5, 0.6) is 0 Å². The highest BCUT2D eigenvalue weighted by Crippen LogP contribution is 2.30. The van der Waals surface area contributed by atoms with Gasteiger partial charge in [0.15, 0.2) is 11.8 Å². The van der Waals surface area contributed by atoms with E-state index in [4.69, 9.17) is 9.84 Å². The zero-order valence-electron chi connectivity index (χ0n) is 16.0. The summed E-state index contributed by atoms with van der Waals surface area (Å²) in [6, 6.07) is -0.152. The lowest BCUT2D eigenvalue weighted by Gasteiger charge is -2.33. The van der Waals surface area contributed by atoms with E-state index in [0.29, 0.717) is 17.8 Å². The molecule has 26 heavy (non-hydrogen) atoms. The van der Waals surface area contributed by atoms with Gasteiger partial charge in [-0.3, -0.25) is 9.59 Å². The van der Waals surface area contributed by atoms with Crippen LogP contribution in [-0.4, -0.2) is 45.9 Å². The van der Waals surface area contributed by atoms with E-state index >= 15 is 0 Å². The van der Waals surface area contributed by atoms with Gasteiger partial charge >= 0.3 is 11.9 Å². The molecule has 8 heteroatoms. The zero-order chi connectivity index (χ0) is 19.9. The van der Waals surface area contributed by atoms with Crippen molar-refractivity contribution < 1.29 is 24.2 Å². The van der Waals surface area contributed by atoms with Crippen molar-refractivity contribution in [2.75, 3.05) is 7.05 Å². The minimum atomic E-state index is -1.12. The molecule has 0 saturated carbocycles. The number of aromatic nitrogens is 1. The second-order valence-corrected chi connectivity index (χ2v) is 7.52. The van der Waals surface area contributed by atoms with Crippen LogP contribution in [-0.2, 0) is 14.3 Å². The third-order valence-electron chi connectivity index (χ3n) is 4.18. The topological polar surface area (TPSA) is 96.8 Å². The second-order valence-electron chi connectivity index (χ2n) is 6.63. The number of unbranched alkanes of at least 4 members (excludes halogenated alkanes) is 1. The summed E-state index contributed by atoms with van der Waals surface area (Å²) in [4.78, 5) is 40.8. The lowest BCUT2D eigenvalue weighted by molar-refractivity contribution is -0.148. The van der Waals surface area contributed by atoms with Crippen LogP contribution in [0.3, 0.4) is 0 Å². The molecule has 0 bridgehead atoms. The molecule has 0 aliphatic carbocycles. The summed E-state index contributed by atoms with van der Waals surface area (Å²) in [7, 11) is 1.76. The third kappa shape index (κ3) is 6.40. The average molecular weight is 384 g/mol. The Morgan fingerprint density at radius 2 is 2.00 bits per heavy atom. The molecule has 1 aromatic heterocycles. The van der Waals surface area contributed by atoms with Gasteiger partial charge < -0.3 is 14.7 Å². The summed E-state index contributed by atoms with van der Waals surface area (Å²) in [5.74, 6) is -1.40. The number of aromatic carboxylic acids is 1. The lowest BCUT2D eigenvalue weighted by atomic mass is 9.96. The van der Waals surface area contributed by atoms with Crippen molar-refractivity contribution in [1.82, 2.24) is 9.88 Å². The number of carbonyl (C=O) groups is 3. The number of hydrogen-bond acceptors (Lipinski definition) is 6. The molecule has 1 aromatic rings. The quantitative estimate of drug-likeness (QED) is 0.620. The molecule has 7 nitrogen and oxygen atoms in total. The number of amides is 1. The van der Waals surface area contributed by atoms with Crippen molar-refractivity contribution in [3.8, 4) is 0 Å². The van der Waals surface area contributed by atoms with Crippen molar-refractivity contribution >= 4 is 29.2 Å². The monoisotopic (exact) mass is 384 g/mol. The highest BCUT2D eigenvalue weighted by molar-refractivity contribution is 7.09. The van der Waals surface area contributed by atoms with Gasteiger partial charge in [0.05, 0.1) is 0 Å². The highest BCUT2D eigenvalue weighted by Gasteiger charge is 2.30. The molecule has 1 rings (SSSR count). The van der Waals surface area contributed by atoms with Gasteiger partial charge in [0.2, 0.25) is 5.91 Å². The Balaban J connectivity index is 3.01. The standard InChI is InChI=1S/C18H28N2O5S/c1-6-7-8-16(22)20(5)14(11(2)3)9-15(25-12(4)21)17-19-13(10-26-17)18(23)24/h10-11,14-15H,6-9H2,1-5H3,(H,23,24). The molecule has 0 aliphatic heterocycles. The molecule has 0 fully saturated rings. The van der Waals surface area contributed by atoms with Crippen molar-refractivity contribution in [3.63, 3.8) is 0 Å². The first-order chi connectivity index (χ1) is 12.2. The van der Waals surface area contributed by atoms with Crippen LogP contribution in [0.15, 0.2) is 5.38 Å². The number of hydrogen-bond donors (Lipinski definition) is 1. The van der Waals surface area contributed by atoms with Crippen molar-refractivity contribution in [2.45, 2.75) is 65.5 Å². The van der Waals surface area contributed by atoms with Crippen LogP contribution in [0.4, 0.5) is 0 Å². The van der Waals surface area contributed by atoms with Crippen LogP contribution in [0, 0.1) is 5.92 Å². The summed E-state index contributed by atoms with van der Waals surface area (Å²) in [6.45, 7) is 7.35. The Labute approximate surface area is 158 Å². The average Bonchev–Trinajstić information content (AvgIpc) is 3.05. The van der Waals surface area contributed by atoms with Gasteiger partial charge in [-0.2, -0.15) is 0 Å². The molecule has 0 aromatic carbocycles. The molecule has 2 atom stereocenters. The summed E-state index contributed by atoms with van der Waals surface area (Å²) in [5.41, 5.74) is -0.0735. The molecule has 0 aliphatic rings. The van der Waals surface area contributed by atoms with Crippen LogP contribution < -0.4 is 0 Å². The van der Waals surface area contributed by atoms with E-state index in [-0.39, 0.29) is 23.6 Å². The molecule has 2 unspecified atom stereocenters. The van der Waals surface area contributed by atoms with E-state index in [1.165, 1.54) is 12.3 Å². The second kappa shape index (κ2) is 10.3. The number of esters is 1. The molecule has 0 spiro atoms. The Kier molecular flexibility index (Phi) is 8.71. The maximum Gasteiger partial charge on any atom is 0.355 e. The van der Waals surface area contributed by atoms with Crippen LogP contribution in [0.1, 0.15) is 75.0 Å². The van der Waals surface area contributed by atoms with E-state index in [1.54, 1.807) is 11.9 Å². The maximum atomic E-state index is 12.4. The minimum Gasteiger partial charge on any atom is -0.476 e. The van der Waals surface area contributed by atoms with Gasteiger partial charge in [-0.25, -0.2) is 9.78 Å². The third-order valence-corrected chi connectivity index (χ3v) is 5.12. The smallest absolute Gasteiger partial charge is 0.355 e.